The molecule has 0 aliphatic rings. The van der Waals surface area contributed by atoms with Gasteiger partial charge < -0.3 is 24.2 Å². The fourth-order valence-corrected chi connectivity index (χ4v) is 3.25. The Morgan fingerprint density at radius 1 is 1.12 bits per heavy atom. The summed E-state index contributed by atoms with van der Waals surface area (Å²) in [4.78, 5) is 25.5. The van der Waals surface area contributed by atoms with Crippen LogP contribution in [0.3, 0.4) is 0 Å². The number of rotatable bonds is 9. The number of carbonyl (C=O) groups is 2. The quantitative estimate of drug-likeness (QED) is 0.502. The summed E-state index contributed by atoms with van der Waals surface area (Å²) in [6, 6.07) is 14.6. The summed E-state index contributed by atoms with van der Waals surface area (Å²) < 4.78 is 16.3. The molecule has 0 aliphatic heterocycles. The van der Waals surface area contributed by atoms with E-state index in [1.54, 1.807) is 32.9 Å². The fourth-order valence-electron chi connectivity index (χ4n) is 2.83. The van der Waals surface area contributed by atoms with Crippen molar-refractivity contribution in [1.82, 2.24) is 4.90 Å². The second kappa shape index (κ2) is 11.9. The van der Waals surface area contributed by atoms with Gasteiger partial charge in [-0.25, -0.2) is 9.59 Å². The molecule has 0 radical (unpaired) electrons. The van der Waals surface area contributed by atoms with E-state index in [-0.39, 0.29) is 13.2 Å². The number of amides is 1. The van der Waals surface area contributed by atoms with Crippen molar-refractivity contribution in [2.24, 2.45) is 0 Å². The van der Waals surface area contributed by atoms with Crippen LogP contribution in [0.15, 0.2) is 53.0 Å². The highest BCUT2D eigenvalue weighted by atomic mass is 79.9. The van der Waals surface area contributed by atoms with Crippen LogP contribution in [0.2, 0.25) is 0 Å². The molecule has 0 saturated heterocycles. The molecule has 0 saturated carbocycles. The van der Waals surface area contributed by atoms with Crippen molar-refractivity contribution < 1.29 is 28.9 Å². The summed E-state index contributed by atoms with van der Waals surface area (Å²) in [5.74, 6) is 0.0966. The molecule has 2 aromatic carbocycles. The lowest BCUT2D eigenvalue weighted by Crippen LogP contribution is -2.40. The lowest BCUT2D eigenvalue weighted by atomic mass is 10.1. The lowest BCUT2D eigenvalue weighted by molar-refractivity contribution is -0.142. The maximum absolute atomic E-state index is 12.8. The molecule has 0 spiro atoms. The van der Waals surface area contributed by atoms with Crippen molar-refractivity contribution in [3.8, 4) is 5.75 Å². The molecule has 174 valence electrons. The van der Waals surface area contributed by atoms with Crippen molar-refractivity contribution >= 4 is 28.0 Å². The van der Waals surface area contributed by atoms with Crippen LogP contribution in [0.1, 0.15) is 38.0 Å². The van der Waals surface area contributed by atoms with Crippen LogP contribution in [-0.4, -0.2) is 54.5 Å². The number of methoxy groups -OCH3 is 1. The third-order valence-electron chi connectivity index (χ3n) is 4.46. The maximum atomic E-state index is 12.8. The number of ether oxygens (including phenoxy) is 3. The van der Waals surface area contributed by atoms with Gasteiger partial charge >= 0.3 is 12.1 Å². The number of esters is 1. The SMILES string of the molecule is COC(=O)COc1ccc(CCN(CC(O)c2cccc(Br)c2)C(=O)OC(C)(C)C)cc1. The number of carbonyl (C=O) groups excluding carboxylic acids is 2. The number of hydrogen-bond donors (Lipinski definition) is 1. The maximum Gasteiger partial charge on any atom is 0.410 e. The monoisotopic (exact) mass is 507 g/mol. The molecule has 0 fully saturated rings. The molecular formula is C24H30BrNO6. The molecule has 2 rings (SSSR count). The number of aliphatic hydroxyl groups excluding tert-OH is 1. The van der Waals surface area contributed by atoms with E-state index < -0.39 is 23.8 Å². The van der Waals surface area contributed by atoms with E-state index in [0.29, 0.717) is 24.3 Å². The Morgan fingerprint density at radius 3 is 2.41 bits per heavy atom. The topological polar surface area (TPSA) is 85.3 Å². The van der Waals surface area contributed by atoms with E-state index in [0.717, 1.165) is 10.0 Å². The van der Waals surface area contributed by atoms with Gasteiger partial charge in [0.2, 0.25) is 0 Å². The van der Waals surface area contributed by atoms with Crippen molar-refractivity contribution in [2.75, 3.05) is 26.8 Å². The summed E-state index contributed by atoms with van der Waals surface area (Å²) in [5.41, 5.74) is 1.04. The molecule has 0 bridgehead atoms. The van der Waals surface area contributed by atoms with Crippen LogP contribution in [0, 0.1) is 0 Å². The first kappa shape index (κ1) is 25.7. The Labute approximate surface area is 197 Å². The summed E-state index contributed by atoms with van der Waals surface area (Å²) in [7, 11) is 1.30. The fraction of sp³-hybridized carbons (Fsp3) is 0.417. The Hall–Kier alpha value is -2.58. The molecule has 1 atom stereocenters. The number of hydrogen-bond acceptors (Lipinski definition) is 6. The largest absolute Gasteiger partial charge is 0.482 e. The molecular weight excluding hydrogens is 478 g/mol. The number of nitrogens with zero attached hydrogens (tertiary/aromatic N) is 1. The minimum Gasteiger partial charge on any atom is -0.482 e. The second-order valence-corrected chi connectivity index (χ2v) is 9.17. The summed E-state index contributed by atoms with van der Waals surface area (Å²) >= 11 is 3.40. The van der Waals surface area contributed by atoms with Crippen LogP contribution in [-0.2, 0) is 20.7 Å². The molecule has 2 aromatic rings. The second-order valence-electron chi connectivity index (χ2n) is 8.26. The predicted molar refractivity (Wildman–Crippen MR) is 125 cm³/mol. The van der Waals surface area contributed by atoms with Crippen LogP contribution in [0.25, 0.3) is 0 Å². The van der Waals surface area contributed by atoms with Gasteiger partial charge in [0.05, 0.1) is 19.8 Å². The number of benzene rings is 2. The first-order valence-electron chi connectivity index (χ1n) is 10.3. The van der Waals surface area contributed by atoms with Gasteiger partial charge in [-0.3, -0.25) is 0 Å². The van der Waals surface area contributed by atoms with E-state index in [1.165, 1.54) is 12.0 Å². The first-order chi connectivity index (χ1) is 15.1. The molecule has 1 N–H and O–H groups in total. The van der Waals surface area contributed by atoms with Gasteiger partial charge in [0.25, 0.3) is 0 Å². The van der Waals surface area contributed by atoms with Gasteiger partial charge in [0, 0.05) is 11.0 Å². The minimum absolute atomic E-state index is 0.103. The molecule has 0 aliphatic carbocycles. The molecule has 1 amide bonds. The molecule has 32 heavy (non-hydrogen) atoms. The third-order valence-corrected chi connectivity index (χ3v) is 4.95. The molecule has 0 aromatic heterocycles. The molecule has 7 nitrogen and oxygen atoms in total. The zero-order chi connectivity index (χ0) is 23.7. The van der Waals surface area contributed by atoms with Crippen LogP contribution in [0.4, 0.5) is 4.79 Å². The highest BCUT2D eigenvalue weighted by molar-refractivity contribution is 9.10. The van der Waals surface area contributed by atoms with Gasteiger partial charge in [-0.1, -0.05) is 40.2 Å². The van der Waals surface area contributed by atoms with Gasteiger partial charge in [0.1, 0.15) is 11.4 Å². The number of halogens is 1. The predicted octanol–water partition coefficient (Wildman–Crippen LogP) is 4.51. The average molecular weight is 508 g/mol. The molecule has 0 heterocycles. The van der Waals surface area contributed by atoms with Crippen molar-refractivity contribution in [1.29, 1.82) is 0 Å². The Bertz CT molecular complexity index is 894. The van der Waals surface area contributed by atoms with Crippen LogP contribution in [0.5, 0.6) is 5.75 Å². The minimum atomic E-state index is -0.853. The standard InChI is InChI=1S/C24H30BrNO6/c1-24(2,3)32-23(29)26(15-21(27)18-6-5-7-19(25)14-18)13-12-17-8-10-20(11-9-17)31-16-22(28)30-4/h5-11,14,21,27H,12-13,15-16H2,1-4H3. The van der Waals surface area contributed by atoms with Gasteiger partial charge in [-0.15, -0.1) is 0 Å². The van der Waals surface area contributed by atoms with Gasteiger partial charge in [0.15, 0.2) is 6.61 Å². The van der Waals surface area contributed by atoms with Crippen LogP contribution < -0.4 is 4.74 Å². The highest BCUT2D eigenvalue weighted by Crippen LogP contribution is 2.21. The Morgan fingerprint density at radius 2 is 1.81 bits per heavy atom. The first-order valence-corrected chi connectivity index (χ1v) is 11.1. The molecule has 1 unspecified atom stereocenters. The van der Waals surface area contributed by atoms with Gasteiger partial charge in [-0.05, 0) is 62.6 Å². The van der Waals surface area contributed by atoms with E-state index in [2.05, 4.69) is 20.7 Å². The van der Waals surface area contributed by atoms with Crippen LogP contribution >= 0.6 is 15.9 Å². The highest BCUT2D eigenvalue weighted by Gasteiger charge is 2.24. The summed E-state index contributed by atoms with van der Waals surface area (Å²) in [6.07, 6.45) is -0.777. The van der Waals surface area contributed by atoms with Crippen molar-refractivity contribution in [3.63, 3.8) is 0 Å². The Balaban J connectivity index is 2.04. The third kappa shape index (κ3) is 8.88. The van der Waals surface area contributed by atoms with Gasteiger partial charge in [-0.2, -0.15) is 0 Å². The normalized spacial score (nSPS) is 12.1. The molecule has 8 heteroatoms. The van der Waals surface area contributed by atoms with Crippen molar-refractivity contribution in [2.45, 2.75) is 38.9 Å². The number of aliphatic hydroxyl groups is 1. The van der Waals surface area contributed by atoms with E-state index in [9.17, 15) is 14.7 Å². The van der Waals surface area contributed by atoms with E-state index >= 15 is 0 Å². The average Bonchev–Trinajstić information content (AvgIpc) is 2.74. The zero-order valence-corrected chi connectivity index (χ0v) is 20.4. The van der Waals surface area contributed by atoms with E-state index in [1.807, 2.05) is 36.4 Å². The smallest absolute Gasteiger partial charge is 0.410 e. The van der Waals surface area contributed by atoms with E-state index in [4.69, 9.17) is 9.47 Å². The van der Waals surface area contributed by atoms with Crippen molar-refractivity contribution in [3.05, 3.63) is 64.1 Å². The summed E-state index contributed by atoms with van der Waals surface area (Å²) in [5, 5.41) is 10.7. The summed E-state index contributed by atoms with van der Waals surface area (Å²) in [6.45, 7) is 5.73. The lowest BCUT2D eigenvalue weighted by Gasteiger charge is -2.29. The zero-order valence-electron chi connectivity index (χ0n) is 18.8. The Kier molecular flexibility index (Phi) is 9.53.